The summed E-state index contributed by atoms with van der Waals surface area (Å²) in [5, 5.41) is 11.1. The summed E-state index contributed by atoms with van der Waals surface area (Å²) < 4.78 is 21.5. The van der Waals surface area contributed by atoms with Gasteiger partial charge in [-0.15, -0.1) is 0 Å². The first kappa shape index (κ1) is 19.6. The molecule has 2 heterocycles. The summed E-state index contributed by atoms with van der Waals surface area (Å²) >= 11 is 6.02. The first-order valence-corrected chi connectivity index (χ1v) is 8.75. The van der Waals surface area contributed by atoms with Gasteiger partial charge in [-0.05, 0) is 19.1 Å². The van der Waals surface area contributed by atoms with Crippen LogP contribution in [0.1, 0.15) is 33.5 Å². The van der Waals surface area contributed by atoms with Gasteiger partial charge < -0.3 is 10.1 Å². The van der Waals surface area contributed by atoms with Gasteiger partial charge in [0.2, 0.25) is 0 Å². The maximum atomic E-state index is 13.9. The fourth-order valence-corrected chi connectivity index (χ4v) is 2.74. The van der Waals surface area contributed by atoms with E-state index in [-0.39, 0.29) is 30.4 Å². The van der Waals surface area contributed by atoms with Gasteiger partial charge in [0.25, 0.3) is 5.91 Å². The van der Waals surface area contributed by atoms with Gasteiger partial charge in [-0.25, -0.2) is 9.18 Å². The minimum absolute atomic E-state index is 0.0391. The molecule has 0 fully saturated rings. The minimum atomic E-state index is -0.567. The van der Waals surface area contributed by atoms with Crippen LogP contribution in [0.15, 0.2) is 36.5 Å². The Morgan fingerprint density at radius 1 is 1.29 bits per heavy atom. The van der Waals surface area contributed by atoms with Gasteiger partial charge in [-0.1, -0.05) is 17.7 Å². The van der Waals surface area contributed by atoms with Crippen molar-refractivity contribution < 1.29 is 18.7 Å². The van der Waals surface area contributed by atoms with Crippen LogP contribution in [0.25, 0.3) is 0 Å². The molecule has 1 amide bonds. The summed E-state index contributed by atoms with van der Waals surface area (Å²) in [4.78, 5) is 24.2. The molecule has 0 unspecified atom stereocenters. The molecule has 10 heteroatoms. The lowest BCUT2D eigenvalue weighted by atomic mass is 10.2. The van der Waals surface area contributed by atoms with Crippen LogP contribution in [0.5, 0.6) is 0 Å². The van der Waals surface area contributed by atoms with Crippen LogP contribution >= 0.6 is 11.6 Å². The number of amides is 1. The maximum absolute atomic E-state index is 13.9. The lowest BCUT2D eigenvalue weighted by molar-refractivity contribution is 0.0513. The topological polar surface area (TPSA) is 91.0 Å². The van der Waals surface area contributed by atoms with E-state index in [1.54, 1.807) is 25.3 Å². The fourth-order valence-electron chi connectivity index (χ4n) is 2.52. The lowest BCUT2D eigenvalue weighted by Gasteiger charge is -2.06. The van der Waals surface area contributed by atoms with Crippen molar-refractivity contribution in [1.29, 1.82) is 0 Å². The average molecular weight is 406 g/mol. The molecule has 0 saturated heterocycles. The van der Waals surface area contributed by atoms with Crippen molar-refractivity contribution in [2.24, 2.45) is 7.05 Å². The van der Waals surface area contributed by atoms with E-state index in [9.17, 15) is 14.0 Å². The Bertz CT molecular complexity index is 1010. The number of aryl methyl sites for hydroxylation is 1. The van der Waals surface area contributed by atoms with Crippen molar-refractivity contribution >= 4 is 29.3 Å². The van der Waals surface area contributed by atoms with Gasteiger partial charge >= 0.3 is 5.97 Å². The van der Waals surface area contributed by atoms with Gasteiger partial charge in [0.1, 0.15) is 11.5 Å². The Balaban J connectivity index is 1.71. The molecule has 0 aliphatic rings. The number of carbonyl (C=O) groups is 2. The van der Waals surface area contributed by atoms with E-state index in [1.807, 2.05) is 0 Å². The molecule has 3 rings (SSSR count). The predicted octanol–water partition coefficient (Wildman–Crippen LogP) is 2.89. The lowest BCUT2D eigenvalue weighted by Crippen LogP contribution is -2.14. The number of nitrogens with zero attached hydrogens (tertiary/aromatic N) is 4. The number of rotatable bonds is 6. The van der Waals surface area contributed by atoms with Crippen molar-refractivity contribution in [2.45, 2.75) is 13.5 Å². The van der Waals surface area contributed by atoms with E-state index >= 15 is 0 Å². The van der Waals surface area contributed by atoms with E-state index in [4.69, 9.17) is 16.3 Å². The minimum Gasteiger partial charge on any atom is -0.461 e. The second-order valence-corrected chi connectivity index (χ2v) is 6.22. The van der Waals surface area contributed by atoms with Crippen LogP contribution in [-0.4, -0.2) is 38.0 Å². The number of hydrogen-bond donors (Lipinski definition) is 1. The van der Waals surface area contributed by atoms with Gasteiger partial charge in [0.05, 0.1) is 13.2 Å². The third-order valence-corrected chi connectivity index (χ3v) is 4.22. The molecule has 8 nitrogen and oxygen atoms in total. The Kier molecular flexibility index (Phi) is 5.74. The van der Waals surface area contributed by atoms with E-state index < -0.39 is 17.7 Å². The number of ether oxygens (including phenoxy) is 1. The molecule has 0 bridgehead atoms. The SMILES string of the molecule is CCOC(=O)c1cc(C(=O)Nc2ccn(Cc3c(F)cccc3Cl)n2)nn1C. The summed E-state index contributed by atoms with van der Waals surface area (Å²) in [5.41, 5.74) is 0.498. The number of carbonyl (C=O) groups excluding carboxylic acids is 2. The summed E-state index contributed by atoms with van der Waals surface area (Å²) in [7, 11) is 1.54. The van der Waals surface area contributed by atoms with Gasteiger partial charge in [0, 0.05) is 36.0 Å². The monoisotopic (exact) mass is 405 g/mol. The second-order valence-electron chi connectivity index (χ2n) is 5.81. The van der Waals surface area contributed by atoms with Crippen LogP contribution in [0.4, 0.5) is 10.2 Å². The smallest absolute Gasteiger partial charge is 0.356 e. The molecule has 1 N–H and O–H groups in total. The Hall–Kier alpha value is -3.20. The average Bonchev–Trinajstić information content (AvgIpc) is 3.25. The molecular formula is C18H17ClFN5O3. The van der Waals surface area contributed by atoms with Crippen molar-refractivity contribution in [3.05, 3.63) is 64.3 Å². The molecule has 28 heavy (non-hydrogen) atoms. The molecule has 2 aromatic heterocycles. The second kappa shape index (κ2) is 8.22. The highest BCUT2D eigenvalue weighted by Crippen LogP contribution is 2.20. The molecule has 0 spiro atoms. The fraction of sp³-hybridized carbons (Fsp3) is 0.222. The standard InChI is InChI=1S/C18H17ClFN5O3/c1-3-28-18(27)15-9-14(22-24(15)2)17(26)21-16-7-8-25(23-16)10-11-12(19)5-4-6-13(11)20/h4-9H,3,10H2,1-2H3,(H,21,23,26). The van der Waals surface area contributed by atoms with Crippen LogP contribution in [0, 0.1) is 5.82 Å². The highest BCUT2D eigenvalue weighted by molar-refractivity contribution is 6.31. The molecule has 0 aliphatic carbocycles. The zero-order chi connectivity index (χ0) is 20.3. The van der Waals surface area contributed by atoms with Crippen LogP contribution in [-0.2, 0) is 18.3 Å². The Labute approximate surface area is 164 Å². The molecule has 0 aliphatic heterocycles. The summed E-state index contributed by atoms with van der Waals surface area (Å²) in [6.45, 7) is 2.01. The molecule has 0 radical (unpaired) electrons. The molecule has 0 atom stereocenters. The zero-order valence-electron chi connectivity index (χ0n) is 15.1. The normalized spacial score (nSPS) is 10.7. The van der Waals surface area contributed by atoms with E-state index in [2.05, 4.69) is 15.5 Å². The molecule has 1 aromatic carbocycles. The quantitative estimate of drug-likeness (QED) is 0.637. The van der Waals surface area contributed by atoms with E-state index in [0.717, 1.165) is 0 Å². The zero-order valence-corrected chi connectivity index (χ0v) is 15.9. The number of hydrogen-bond acceptors (Lipinski definition) is 5. The van der Waals surface area contributed by atoms with Crippen LogP contribution in [0.3, 0.4) is 0 Å². The van der Waals surface area contributed by atoms with Crippen LogP contribution in [0.2, 0.25) is 5.02 Å². The van der Waals surface area contributed by atoms with Crippen molar-refractivity contribution in [3.63, 3.8) is 0 Å². The third-order valence-electron chi connectivity index (χ3n) is 3.86. The van der Waals surface area contributed by atoms with Crippen molar-refractivity contribution in [1.82, 2.24) is 19.6 Å². The summed E-state index contributed by atoms with van der Waals surface area (Å²) in [5.74, 6) is -1.29. The first-order valence-electron chi connectivity index (χ1n) is 8.38. The number of nitrogens with one attached hydrogen (secondary N) is 1. The maximum Gasteiger partial charge on any atom is 0.356 e. The van der Waals surface area contributed by atoms with Crippen LogP contribution < -0.4 is 5.32 Å². The van der Waals surface area contributed by atoms with Crippen molar-refractivity contribution in [2.75, 3.05) is 11.9 Å². The number of halogens is 2. The number of aromatic nitrogens is 4. The Morgan fingerprint density at radius 3 is 2.79 bits per heavy atom. The van der Waals surface area contributed by atoms with Gasteiger partial charge in [-0.3, -0.25) is 14.2 Å². The predicted molar refractivity (Wildman–Crippen MR) is 99.9 cm³/mol. The largest absolute Gasteiger partial charge is 0.461 e. The highest BCUT2D eigenvalue weighted by atomic mass is 35.5. The first-order chi connectivity index (χ1) is 13.4. The molecule has 0 saturated carbocycles. The molecule has 146 valence electrons. The number of anilines is 1. The summed E-state index contributed by atoms with van der Waals surface area (Å²) in [6, 6.07) is 7.32. The third kappa shape index (κ3) is 4.20. The van der Waals surface area contributed by atoms with Gasteiger partial charge in [0.15, 0.2) is 11.5 Å². The van der Waals surface area contributed by atoms with Gasteiger partial charge in [-0.2, -0.15) is 10.2 Å². The number of esters is 1. The van der Waals surface area contributed by atoms with E-state index in [1.165, 1.54) is 34.6 Å². The van der Waals surface area contributed by atoms with Crippen molar-refractivity contribution in [3.8, 4) is 0 Å². The Morgan fingerprint density at radius 2 is 2.07 bits per heavy atom. The van der Waals surface area contributed by atoms with E-state index in [0.29, 0.717) is 10.6 Å². The highest BCUT2D eigenvalue weighted by Gasteiger charge is 2.19. The number of benzene rings is 1. The molecule has 3 aromatic rings. The summed E-state index contributed by atoms with van der Waals surface area (Å²) in [6.07, 6.45) is 1.58. The molecular weight excluding hydrogens is 389 g/mol.